The molecule has 24 heavy (non-hydrogen) atoms. The second-order valence-electron chi connectivity index (χ2n) is 6.52. The largest absolute Gasteiger partial charge is 0.343 e. The summed E-state index contributed by atoms with van der Waals surface area (Å²) in [5.74, 6) is 0.343. The summed E-state index contributed by atoms with van der Waals surface area (Å²) < 4.78 is 16.2. The summed E-state index contributed by atoms with van der Waals surface area (Å²) in [6.45, 7) is 6.58. The molecule has 0 aliphatic rings. The van der Waals surface area contributed by atoms with Gasteiger partial charge in [0, 0.05) is 34.2 Å². The van der Waals surface area contributed by atoms with Gasteiger partial charge in [-0.15, -0.1) is 0 Å². The van der Waals surface area contributed by atoms with E-state index in [1.165, 1.54) is 17.0 Å². The molecule has 1 aromatic heterocycles. The first-order chi connectivity index (χ1) is 11.6. The van der Waals surface area contributed by atoms with Gasteiger partial charge in [0.2, 0.25) is 0 Å². The number of benzene rings is 2. The predicted molar refractivity (Wildman–Crippen MR) is 99.0 cm³/mol. The van der Waals surface area contributed by atoms with Crippen molar-refractivity contribution in [2.75, 3.05) is 6.54 Å². The van der Waals surface area contributed by atoms with Gasteiger partial charge in [0.15, 0.2) is 0 Å². The monoisotopic (exact) mass is 344 g/mol. The molecule has 0 aliphatic heterocycles. The molecule has 2 aromatic carbocycles. The third-order valence-corrected chi connectivity index (χ3v) is 4.48. The molecule has 0 saturated carbocycles. The van der Waals surface area contributed by atoms with E-state index in [9.17, 15) is 4.39 Å². The third-order valence-electron chi connectivity index (χ3n) is 4.13. The predicted octanol–water partition coefficient (Wildman–Crippen LogP) is 5.23. The van der Waals surface area contributed by atoms with Gasteiger partial charge in [-0.05, 0) is 36.2 Å². The van der Waals surface area contributed by atoms with E-state index in [1.54, 1.807) is 12.1 Å². The number of hydrogen-bond donors (Lipinski definition) is 1. The first kappa shape index (κ1) is 17.0. The molecule has 0 spiro atoms. The molecule has 4 heteroatoms. The van der Waals surface area contributed by atoms with Crippen molar-refractivity contribution in [2.24, 2.45) is 5.92 Å². The lowest BCUT2D eigenvalue weighted by molar-refractivity contribution is 0.552. The maximum absolute atomic E-state index is 14.1. The highest BCUT2D eigenvalue weighted by Crippen LogP contribution is 2.25. The van der Waals surface area contributed by atoms with Crippen LogP contribution in [-0.2, 0) is 13.1 Å². The van der Waals surface area contributed by atoms with E-state index in [1.807, 2.05) is 12.1 Å². The van der Waals surface area contributed by atoms with Crippen molar-refractivity contribution in [3.05, 3.63) is 70.6 Å². The fourth-order valence-electron chi connectivity index (χ4n) is 2.94. The zero-order valence-electron chi connectivity index (χ0n) is 14.0. The van der Waals surface area contributed by atoms with Crippen LogP contribution in [0.3, 0.4) is 0 Å². The summed E-state index contributed by atoms with van der Waals surface area (Å²) in [5.41, 5.74) is 2.85. The number of fused-ring (bicyclic) bond motifs is 1. The van der Waals surface area contributed by atoms with E-state index in [2.05, 4.69) is 42.1 Å². The second kappa shape index (κ2) is 7.37. The minimum Gasteiger partial charge on any atom is -0.343 e. The molecule has 3 rings (SSSR count). The number of para-hydroxylation sites is 1. The normalized spacial score (nSPS) is 11.5. The summed E-state index contributed by atoms with van der Waals surface area (Å²) in [5, 5.41) is 5.14. The molecule has 0 radical (unpaired) electrons. The van der Waals surface area contributed by atoms with Crippen molar-refractivity contribution in [1.29, 1.82) is 0 Å². The van der Waals surface area contributed by atoms with Crippen LogP contribution in [0.15, 0.2) is 48.7 Å². The molecule has 0 aliphatic carbocycles. The SMILES string of the molecule is CC(C)CNCc1cn(Cc2c(F)cccc2Cl)c2ccccc12. The second-order valence-corrected chi connectivity index (χ2v) is 6.93. The Morgan fingerprint density at radius 2 is 1.92 bits per heavy atom. The molecular weight excluding hydrogens is 323 g/mol. The molecule has 126 valence electrons. The summed E-state index contributed by atoms with van der Waals surface area (Å²) in [6, 6.07) is 13.0. The van der Waals surface area contributed by atoms with Crippen molar-refractivity contribution < 1.29 is 4.39 Å². The van der Waals surface area contributed by atoms with Gasteiger partial charge in [-0.25, -0.2) is 4.39 Å². The van der Waals surface area contributed by atoms with Crippen molar-refractivity contribution in [2.45, 2.75) is 26.9 Å². The van der Waals surface area contributed by atoms with Crippen LogP contribution < -0.4 is 5.32 Å². The first-order valence-corrected chi connectivity index (χ1v) is 8.64. The molecule has 2 nitrogen and oxygen atoms in total. The summed E-state index contributed by atoms with van der Waals surface area (Å²) in [4.78, 5) is 0. The van der Waals surface area contributed by atoms with Gasteiger partial charge in [-0.2, -0.15) is 0 Å². The van der Waals surface area contributed by atoms with Gasteiger partial charge in [0.05, 0.1) is 6.54 Å². The van der Waals surface area contributed by atoms with Crippen LogP contribution in [0.5, 0.6) is 0 Å². The van der Waals surface area contributed by atoms with Crippen molar-refractivity contribution >= 4 is 22.5 Å². The zero-order chi connectivity index (χ0) is 17.1. The van der Waals surface area contributed by atoms with E-state index in [-0.39, 0.29) is 5.82 Å². The van der Waals surface area contributed by atoms with Crippen LogP contribution in [0.2, 0.25) is 5.02 Å². The first-order valence-electron chi connectivity index (χ1n) is 8.26. The molecule has 0 bridgehead atoms. The Balaban J connectivity index is 1.93. The van der Waals surface area contributed by atoms with E-state index in [0.29, 0.717) is 23.0 Å². The maximum Gasteiger partial charge on any atom is 0.129 e. The zero-order valence-corrected chi connectivity index (χ0v) is 14.8. The highest BCUT2D eigenvalue weighted by Gasteiger charge is 2.12. The lowest BCUT2D eigenvalue weighted by Crippen LogP contribution is -2.18. The highest BCUT2D eigenvalue weighted by atomic mass is 35.5. The topological polar surface area (TPSA) is 17.0 Å². The summed E-state index contributed by atoms with van der Waals surface area (Å²) >= 11 is 6.19. The Kier molecular flexibility index (Phi) is 5.22. The molecule has 0 amide bonds. The number of halogens is 2. The Hall–Kier alpha value is -1.84. The van der Waals surface area contributed by atoms with Crippen molar-refractivity contribution in [3.63, 3.8) is 0 Å². The molecular formula is C20H22ClFN2. The molecule has 0 atom stereocenters. The number of hydrogen-bond acceptors (Lipinski definition) is 1. The average molecular weight is 345 g/mol. The molecule has 0 saturated heterocycles. The smallest absolute Gasteiger partial charge is 0.129 e. The van der Waals surface area contributed by atoms with Crippen LogP contribution in [0.1, 0.15) is 25.0 Å². The molecule has 0 unspecified atom stereocenters. The maximum atomic E-state index is 14.1. The molecule has 1 N–H and O–H groups in total. The van der Waals surface area contributed by atoms with E-state index in [0.717, 1.165) is 18.6 Å². The van der Waals surface area contributed by atoms with E-state index >= 15 is 0 Å². The van der Waals surface area contributed by atoms with Crippen LogP contribution in [0.4, 0.5) is 4.39 Å². The van der Waals surface area contributed by atoms with Crippen molar-refractivity contribution in [1.82, 2.24) is 9.88 Å². The van der Waals surface area contributed by atoms with Gasteiger partial charge >= 0.3 is 0 Å². The van der Waals surface area contributed by atoms with Crippen LogP contribution in [0.25, 0.3) is 10.9 Å². The van der Waals surface area contributed by atoms with Gasteiger partial charge in [-0.1, -0.05) is 49.7 Å². The van der Waals surface area contributed by atoms with Crippen LogP contribution in [0, 0.1) is 11.7 Å². The van der Waals surface area contributed by atoms with Gasteiger partial charge < -0.3 is 9.88 Å². The van der Waals surface area contributed by atoms with Crippen molar-refractivity contribution in [3.8, 4) is 0 Å². The lowest BCUT2D eigenvalue weighted by Gasteiger charge is -2.08. The fourth-order valence-corrected chi connectivity index (χ4v) is 3.17. The minimum absolute atomic E-state index is 0.264. The minimum atomic E-state index is -0.264. The molecule has 0 fully saturated rings. The van der Waals surface area contributed by atoms with Crippen LogP contribution >= 0.6 is 11.6 Å². The Morgan fingerprint density at radius 3 is 2.67 bits per heavy atom. The quantitative estimate of drug-likeness (QED) is 0.648. The fraction of sp³-hybridized carbons (Fsp3) is 0.300. The number of aromatic nitrogens is 1. The van der Waals surface area contributed by atoms with E-state index in [4.69, 9.17) is 11.6 Å². The molecule has 3 aromatic rings. The Bertz CT molecular complexity index is 819. The molecule has 1 heterocycles. The standard InChI is InChI=1S/C20H22ClFN2/c1-14(2)10-23-11-15-12-24(20-9-4-3-6-16(15)20)13-17-18(21)7-5-8-19(17)22/h3-9,12,14,23H,10-11,13H2,1-2H3. The highest BCUT2D eigenvalue weighted by molar-refractivity contribution is 6.31. The third kappa shape index (κ3) is 3.63. The Morgan fingerprint density at radius 1 is 1.12 bits per heavy atom. The van der Waals surface area contributed by atoms with Gasteiger partial charge in [0.1, 0.15) is 5.82 Å². The summed E-state index contributed by atoms with van der Waals surface area (Å²) in [6.07, 6.45) is 2.10. The number of nitrogens with zero attached hydrogens (tertiary/aromatic N) is 1. The lowest BCUT2D eigenvalue weighted by atomic mass is 10.1. The van der Waals surface area contributed by atoms with Gasteiger partial charge in [-0.3, -0.25) is 0 Å². The average Bonchev–Trinajstić information content (AvgIpc) is 2.89. The number of nitrogens with one attached hydrogen (secondary N) is 1. The van der Waals surface area contributed by atoms with Crippen LogP contribution in [-0.4, -0.2) is 11.1 Å². The van der Waals surface area contributed by atoms with Gasteiger partial charge in [0.25, 0.3) is 0 Å². The number of rotatable bonds is 6. The van der Waals surface area contributed by atoms with E-state index < -0.39 is 0 Å². The Labute approximate surface area is 147 Å². The summed E-state index contributed by atoms with van der Waals surface area (Å²) in [7, 11) is 0.